The van der Waals surface area contributed by atoms with Crippen molar-refractivity contribution in [2.45, 2.75) is 25.2 Å². The monoisotopic (exact) mass is 343 g/mol. The number of benzene rings is 1. The molecule has 3 rings (SSSR count). The third-order valence-corrected chi connectivity index (χ3v) is 3.96. The minimum absolute atomic E-state index is 0.00434. The van der Waals surface area contributed by atoms with E-state index in [4.69, 9.17) is 0 Å². The van der Waals surface area contributed by atoms with E-state index in [1.165, 1.54) is 6.07 Å². The van der Waals surface area contributed by atoms with Crippen LogP contribution in [0.2, 0.25) is 0 Å². The van der Waals surface area contributed by atoms with Crippen LogP contribution >= 0.6 is 0 Å². The third kappa shape index (κ3) is 2.51. The van der Waals surface area contributed by atoms with Crippen LogP contribution in [-0.4, -0.2) is 22.8 Å². The Morgan fingerprint density at radius 1 is 1.25 bits per heavy atom. The van der Waals surface area contributed by atoms with Crippen molar-refractivity contribution < 1.29 is 31.5 Å². The van der Waals surface area contributed by atoms with Crippen LogP contribution in [0.5, 0.6) is 0 Å². The zero-order valence-electron chi connectivity index (χ0n) is 12.0. The Morgan fingerprint density at radius 2 is 1.96 bits per heavy atom. The van der Waals surface area contributed by atoms with Gasteiger partial charge in [-0.25, -0.2) is 8.78 Å². The highest BCUT2D eigenvalue weighted by Crippen LogP contribution is 2.39. The number of halogens is 5. The van der Waals surface area contributed by atoms with E-state index in [-0.39, 0.29) is 36.1 Å². The van der Waals surface area contributed by atoms with Crippen LogP contribution in [0, 0.1) is 5.82 Å². The number of Topliss-reactive ketones (excluding diaryl/α,β-unsaturated/α-hetero) is 1. The fraction of sp³-hybridized carbons (Fsp3) is 0.250. The first-order valence-corrected chi connectivity index (χ1v) is 6.99. The van der Waals surface area contributed by atoms with E-state index >= 15 is 0 Å². The number of ketones is 1. The molecule has 1 heterocycles. The van der Waals surface area contributed by atoms with Gasteiger partial charge in [0.05, 0.1) is 16.7 Å². The minimum atomic E-state index is -4.84. The van der Waals surface area contributed by atoms with Crippen LogP contribution in [0.4, 0.5) is 22.0 Å². The molecule has 1 aliphatic rings. The van der Waals surface area contributed by atoms with Crippen LogP contribution in [0.3, 0.4) is 0 Å². The first kappa shape index (κ1) is 16.4. The maximum Gasteiger partial charge on any atom is 0.418 e. The Hall–Kier alpha value is -2.51. The number of hydrogen-bond acceptors (Lipinski definition) is 2. The number of nitrogens with zero attached hydrogens (tertiary/aromatic N) is 1. The molecule has 0 fully saturated rings. The second-order valence-electron chi connectivity index (χ2n) is 5.43. The molecular weight excluding hydrogens is 333 g/mol. The van der Waals surface area contributed by atoms with Gasteiger partial charge >= 0.3 is 6.18 Å². The van der Waals surface area contributed by atoms with Gasteiger partial charge in [0.15, 0.2) is 18.2 Å². The van der Waals surface area contributed by atoms with Gasteiger partial charge in [-0.1, -0.05) is 0 Å². The molecule has 0 saturated heterocycles. The lowest BCUT2D eigenvalue weighted by Gasteiger charge is -2.18. The number of carbonyl (C=O) groups excluding carboxylic acids is 2. The quantitative estimate of drug-likeness (QED) is 0.613. The Bertz CT molecular complexity index is 838. The Balaban J connectivity index is 2.25. The second kappa shape index (κ2) is 5.54. The van der Waals surface area contributed by atoms with E-state index in [2.05, 4.69) is 0 Å². The van der Waals surface area contributed by atoms with Gasteiger partial charge < -0.3 is 4.57 Å². The molecule has 2 aromatic rings. The molecule has 3 nitrogen and oxygen atoms in total. The largest absolute Gasteiger partial charge is 0.418 e. The van der Waals surface area contributed by atoms with E-state index < -0.39 is 35.1 Å². The van der Waals surface area contributed by atoms with Crippen molar-refractivity contribution in [1.82, 2.24) is 4.57 Å². The molecule has 0 amide bonds. The molecule has 1 unspecified atom stereocenters. The zero-order valence-corrected chi connectivity index (χ0v) is 12.0. The average Bonchev–Trinajstić information content (AvgIpc) is 2.92. The molecule has 8 heteroatoms. The predicted octanol–water partition coefficient (Wildman–Crippen LogP) is 3.91. The molecule has 0 saturated carbocycles. The fourth-order valence-electron chi connectivity index (χ4n) is 2.84. The molecule has 0 N–H and O–H groups in total. The smallest absolute Gasteiger partial charge is 0.320 e. The van der Waals surface area contributed by atoms with Crippen molar-refractivity contribution in [3.63, 3.8) is 0 Å². The highest BCUT2D eigenvalue weighted by molar-refractivity contribution is 6.03. The lowest BCUT2D eigenvalue weighted by molar-refractivity contribution is -0.137. The summed E-state index contributed by atoms with van der Waals surface area (Å²) in [6.45, 7) is 0. The van der Waals surface area contributed by atoms with Gasteiger partial charge in [-0.3, -0.25) is 9.59 Å². The summed E-state index contributed by atoms with van der Waals surface area (Å²) in [6.07, 6.45) is -6.20. The van der Waals surface area contributed by atoms with Crippen LogP contribution in [0.15, 0.2) is 24.4 Å². The van der Waals surface area contributed by atoms with Gasteiger partial charge in [0.2, 0.25) is 0 Å². The lowest BCUT2D eigenvalue weighted by atomic mass is 9.92. The van der Waals surface area contributed by atoms with Crippen LogP contribution < -0.4 is 0 Å². The van der Waals surface area contributed by atoms with Gasteiger partial charge in [0.25, 0.3) is 0 Å². The highest BCUT2D eigenvalue weighted by atomic mass is 19.4. The highest BCUT2D eigenvalue weighted by Gasteiger charge is 2.42. The molecule has 126 valence electrons. The van der Waals surface area contributed by atoms with Crippen molar-refractivity contribution in [1.29, 1.82) is 0 Å². The van der Waals surface area contributed by atoms with E-state index in [0.29, 0.717) is 6.20 Å². The standard InChI is InChI=1S/C16H10F5NO2/c17-11-2-1-9(5-8(11)7-23)22-6-10(16(19,20)21)14-13(22)4-3-12(18)15(14)24/h1-2,5-7,12H,3-4H2. The third-order valence-electron chi connectivity index (χ3n) is 3.96. The number of aromatic nitrogens is 1. The van der Waals surface area contributed by atoms with Crippen LogP contribution in [0.1, 0.15) is 38.4 Å². The van der Waals surface area contributed by atoms with E-state index in [1.807, 2.05) is 0 Å². The Morgan fingerprint density at radius 3 is 2.58 bits per heavy atom. The summed E-state index contributed by atoms with van der Waals surface area (Å²) >= 11 is 0. The molecule has 1 aromatic carbocycles. The summed E-state index contributed by atoms with van der Waals surface area (Å²) < 4.78 is 67.7. The topological polar surface area (TPSA) is 39.1 Å². The molecule has 1 aliphatic carbocycles. The van der Waals surface area contributed by atoms with Crippen molar-refractivity contribution in [3.8, 4) is 5.69 Å². The Kier molecular flexibility index (Phi) is 3.77. The molecule has 0 spiro atoms. The second-order valence-corrected chi connectivity index (χ2v) is 5.43. The fourth-order valence-corrected chi connectivity index (χ4v) is 2.84. The van der Waals surface area contributed by atoms with Crippen LogP contribution in [0.25, 0.3) is 5.69 Å². The first-order chi connectivity index (χ1) is 11.2. The molecule has 0 radical (unpaired) electrons. The molecule has 1 aromatic heterocycles. The molecule has 0 bridgehead atoms. The molecule has 1 atom stereocenters. The summed E-state index contributed by atoms with van der Waals surface area (Å²) in [5.41, 5.74) is -2.16. The minimum Gasteiger partial charge on any atom is -0.320 e. The summed E-state index contributed by atoms with van der Waals surface area (Å²) in [6, 6.07) is 3.21. The molecule has 0 aliphatic heterocycles. The molecule has 24 heavy (non-hydrogen) atoms. The lowest BCUT2D eigenvalue weighted by Crippen LogP contribution is -2.26. The van der Waals surface area contributed by atoms with Gasteiger partial charge in [0.1, 0.15) is 5.82 Å². The SMILES string of the molecule is O=Cc1cc(-n2cc(C(F)(F)F)c3c2CCC(F)C3=O)ccc1F. The maximum absolute atomic E-state index is 13.6. The normalized spacial score (nSPS) is 17.7. The predicted molar refractivity (Wildman–Crippen MR) is 73.7 cm³/mol. The van der Waals surface area contributed by atoms with Crippen molar-refractivity contribution >= 4 is 12.1 Å². The summed E-state index contributed by atoms with van der Waals surface area (Å²) in [5, 5.41) is 0. The summed E-state index contributed by atoms with van der Waals surface area (Å²) in [5.74, 6) is -2.02. The zero-order chi connectivity index (χ0) is 17.6. The van der Waals surface area contributed by atoms with E-state index in [9.17, 15) is 31.5 Å². The number of aldehydes is 1. The van der Waals surface area contributed by atoms with E-state index in [0.717, 1.165) is 16.7 Å². The number of rotatable bonds is 2. The maximum atomic E-state index is 13.6. The van der Waals surface area contributed by atoms with E-state index in [1.54, 1.807) is 0 Å². The summed E-state index contributed by atoms with van der Waals surface area (Å²) in [7, 11) is 0. The number of fused-ring (bicyclic) bond motifs is 1. The molecular formula is C16H10F5NO2. The number of alkyl halides is 4. The van der Waals surface area contributed by atoms with Crippen molar-refractivity contribution in [3.05, 3.63) is 52.6 Å². The van der Waals surface area contributed by atoms with Gasteiger partial charge in [-0.15, -0.1) is 0 Å². The summed E-state index contributed by atoms with van der Waals surface area (Å²) in [4.78, 5) is 22.7. The van der Waals surface area contributed by atoms with Crippen LogP contribution in [-0.2, 0) is 12.6 Å². The Labute approximate surface area is 132 Å². The van der Waals surface area contributed by atoms with Crippen molar-refractivity contribution in [2.75, 3.05) is 0 Å². The first-order valence-electron chi connectivity index (χ1n) is 6.99. The number of hydrogen-bond donors (Lipinski definition) is 0. The van der Waals surface area contributed by atoms with Gasteiger partial charge in [-0.05, 0) is 31.0 Å². The average molecular weight is 343 g/mol. The van der Waals surface area contributed by atoms with Gasteiger partial charge in [-0.2, -0.15) is 13.2 Å². The van der Waals surface area contributed by atoms with Gasteiger partial charge in [0, 0.05) is 17.6 Å². The van der Waals surface area contributed by atoms with Crippen molar-refractivity contribution in [2.24, 2.45) is 0 Å². The number of carbonyl (C=O) groups is 2.